The fourth-order valence-corrected chi connectivity index (χ4v) is 1.03. The van der Waals surface area contributed by atoms with Gasteiger partial charge in [-0.1, -0.05) is 0 Å². The molecule has 0 N–H and O–H groups in total. The van der Waals surface area contributed by atoms with Gasteiger partial charge in [-0.2, -0.15) is 5.26 Å². The molecule has 6 heteroatoms. The molecule has 0 aromatic heterocycles. The summed E-state index contributed by atoms with van der Waals surface area (Å²) in [6, 6.07) is 5.30. The highest BCUT2D eigenvalue weighted by molar-refractivity contribution is 5.94. The Kier molecular flexibility index (Phi) is 2.98. The van der Waals surface area contributed by atoms with Crippen LogP contribution in [0.3, 0.4) is 0 Å². The van der Waals surface area contributed by atoms with Crippen molar-refractivity contribution in [2.75, 3.05) is 7.11 Å². The Morgan fingerprint density at radius 1 is 1.60 bits per heavy atom. The summed E-state index contributed by atoms with van der Waals surface area (Å²) in [5, 5.41) is 19.1. The molecule has 1 rings (SSSR count). The van der Waals surface area contributed by atoms with Crippen molar-refractivity contribution < 1.29 is 14.5 Å². The van der Waals surface area contributed by atoms with E-state index >= 15 is 0 Å². The second-order valence-electron chi connectivity index (χ2n) is 2.59. The molecule has 0 unspecified atom stereocenters. The Morgan fingerprint density at radius 3 is 2.73 bits per heavy atom. The summed E-state index contributed by atoms with van der Waals surface area (Å²) in [5.41, 5.74) is -0.475. The minimum atomic E-state index is -0.800. The van der Waals surface area contributed by atoms with Crippen LogP contribution in [-0.4, -0.2) is 18.0 Å². The predicted octanol–water partition coefficient (Wildman–Crippen LogP) is 1.25. The van der Waals surface area contributed by atoms with Gasteiger partial charge in [0.2, 0.25) is 0 Å². The number of nitriles is 1. The number of hydrogen-bond acceptors (Lipinski definition) is 5. The average molecular weight is 206 g/mol. The summed E-state index contributed by atoms with van der Waals surface area (Å²) in [5.74, 6) is -0.800. The zero-order valence-electron chi connectivity index (χ0n) is 7.76. The summed E-state index contributed by atoms with van der Waals surface area (Å²) < 4.78 is 4.37. The maximum Gasteiger partial charge on any atom is 0.344 e. The number of esters is 1. The third-order valence-corrected chi connectivity index (χ3v) is 1.73. The summed E-state index contributed by atoms with van der Waals surface area (Å²) in [7, 11) is 1.13. The number of hydrogen-bond donors (Lipinski definition) is 0. The highest BCUT2D eigenvalue weighted by atomic mass is 16.6. The Bertz CT molecular complexity index is 462. The topological polar surface area (TPSA) is 93.2 Å². The van der Waals surface area contributed by atoms with E-state index in [1.54, 1.807) is 6.07 Å². The molecule has 1 aromatic rings. The van der Waals surface area contributed by atoms with Crippen LogP contribution in [0.2, 0.25) is 0 Å². The van der Waals surface area contributed by atoms with E-state index < -0.39 is 16.6 Å². The number of nitrogens with zero attached hydrogens (tertiary/aromatic N) is 2. The van der Waals surface area contributed by atoms with Crippen molar-refractivity contribution in [2.45, 2.75) is 0 Å². The van der Waals surface area contributed by atoms with Crippen LogP contribution in [0.5, 0.6) is 0 Å². The van der Waals surface area contributed by atoms with E-state index in [9.17, 15) is 14.9 Å². The van der Waals surface area contributed by atoms with Crippen molar-refractivity contribution in [1.82, 2.24) is 0 Å². The lowest BCUT2D eigenvalue weighted by Gasteiger charge is -2.00. The van der Waals surface area contributed by atoms with Gasteiger partial charge in [0.1, 0.15) is 5.56 Å². The summed E-state index contributed by atoms with van der Waals surface area (Å²) in [6.07, 6.45) is 0. The summed E-state index contributed by atoms with van der Waals surface area (Å²) >= 11 is 0. The maximum absolute atomic E-state index is 11.1. The normalized spacial score (nSPS) is 9.07. The third-order valence-electron chi connectivity index (χ3n) is 1.73. The van der Waals surface area contributed by atoms with Gasteiger partial charge in [0.25, 0.3) is 5.69 Å². The molecule has 0 spiro atoms. The number of carbonyl (C=O) groups excluding carboxylic acids is 1. The van der Waals surface area contributed by atoms with Gasteiger partial charge in [0, 0.05) is 6.07 Å². The quantitative estimate of drug-likeness (QED) is 0.412. The van der Waals surface area contributed by atoms with Crippen LogP contribution in [0.1, 0.15) is 15.9 Å². The van der Waals surface area contributed by atoms with Crippen molar-refractivity contribution in [2.24, 2.45) is 0 Å². The smallest absolute Gasteiger partial charge is 0.344 e. The van der Waals surface area contributed by atoms with Gasteiger partial charge in [0.15, 0.2) is 0 Å². The van der Waals surface area contributed by atoms with Crippen LogP contribution in [-0.2, 0) is 4.74 Å². The maximum atomic E-state index is 11.1. The molecule has 0 fully saturated rings. The molecule has 0 saturated carbocycles. The Morgan fingerprint density at radius 2 is 2.27 bits per heavy atom. The first-order valence-corrected chi connectivity index (χ1v) is 3.87. The number of nitro benzene ring substituents is 1. The minimum absolute atomic E-state index is 0.120. The van der Waals surface area contributed by atoms with Crippen molar-refractivity contribution in [1.29, 1.82) is 5.26 Å². The lowest BCUT2D eigenvalue weighted by molar-refractivity contribution is -0.385. The molecular weight excluding hydrogens is 200 g/mol. The fourth-order valence-electron chi connectivity index (χ4n) is 1.03. The van der Waals surface area contributed by atoms with E-state index in [-0.39, 0.29) is 11.1 Å². The van der Waals surface area contributed by atoms with Gasteiger partial charge in [-0.3, -0.25) is 10.1 Å². The fraction of sp³-hybridized carbons (Fsp3) is 0.111. The monoisotopic (exact) mass is 206 g/mol. The molecule has 0 bridgehead atoms. The second-order valence-corrected chi connectivity index (χ2v) is 2.59. The van der Waals surface area contributed by atoms with E-state index in [1.807, 2.05) is 0 Å². The summed E-state index contributed by atoms with van der Waals surface area (Å²) in [4.78, 5) is 21.0. The van der Waals surface area contributed by atoms with Crippen LogP contribution in [0.25, 0.3) is 0 Å². The Labute approximate surface area is 84.8 Å². The van der Waals surface area contributed by atoms with Crippen LogP contribution >= 0.6 is 0 Å². The van der Waals surface area contributed by atoms with Gasteiger partial charge in [-0.25, -0.2) is 4.79 Å². The predicted molar refractivity (Wildman–Crippen MR) is 49.2 cm³/mol. The number of ether oxygens (including phenoxy) is 1. The van der Waals surface area contributed by atoms with Crippen molar-refractivity contribution in [3.05, 3.63) is 39.4 Å². The Balaban J connectivity index is 3.35. The van der Waals surface area contributed by atoms with E-state index in [4.69, 9.17) is 5.26 Å². The molecule has 0 radical (unpaired) electrons. The van der Waals surface area contributed by atoms with E-state index in [1.165, 1.54) is 12.1 Å². The number of nitro groups is 1. The molecule has 0 aliphatic carbocycles. The minimum Gasteiger partial charge on any atom is -0.465 e. The molecule has 0 amide bonds. The van der Waals surface area contributed by atoms with Gasteiger partial charge in [-0.15, -0.1) is 0 Å². The molecule has 15 heavy (non-hydrogen) atoms. The molecule has 0 heterocycles. The number of rotatable bonds is 2. The summed E-state index contributed by atoms with van der Waals surface area (Å²) in [6.45, 7) is 0. The first kappa shape index (κ1) is 10.7. The molecule has 0 atom stereocenters. The number of methoxy groups -OCH3 is 1. The van der Waals surface area contributed by atoms with Gasteiger partial charge < -0.3 is 4.74 Å². The second kappa shape index (κ2) is 4.19. The third kappa shape index (κ3) is 2.08. The molecule has 0 saturated heterocycles. The van der Waals surface area contributed by atoms with Crippen molar-refractivity contribution in [3.63, 3.8) is 0 Å². The van der Waals surface area contributed by atoms with Crippen LogP contribution < -0.4 is 0 Å². The lowest BCUT2D eigenvalue weighted by atomic mass is 10.1. The van der Waals surface area contributed by atoms with Crippen molar-refractivity contribution in [3.8, 4) is 6.07 Å². The first-order chi connectivity index (χ1) is 7.10. The van der Waals surface area contributed by atoms with Crippen LogP contribution in [0.15, 0.2) is 18.2 Å². The number of benzene rings is 1. The molecule has 76 valence electrons. The highest BCUT2D eigenvalue weighted by Gasteiger charge is 2.20. The van der Waals surface area contributed by atoms with Crippen molar-refractivity contribution >= 4 is 11.7 Å². The van der Waals surface area contributed by atoms with E-state index in [0.717, 1.165) is 13.2 Å². The molecule has 0 aliphatic rings. The molecule has 1 aromatic carbocycles. The largest absolute Gasteiger partial charge is 0.465 e. The zero-order chi connectivity index (χ0) is 11.4. The SMILES string of the molecule is COC(=O)c1ccc(C#N)cc1[N+](=O)[O-]. The lowest BCUT2D eigenvalue weighted by Crippen LogP contribution is -2.05. The standard InChI is InChI=1S/C9H6N2O4/c1-15-9(12)7-3-2-6(5-10)4-8(7)11(13)14/h2-4H,1H3. The number of carbonyl (C=O) groups is 1. The molecular formula is C9H6N2O4. The van der Waals surface area contributed by atoms with Crippen LogP contribution in [0.4, 0.5) is 5.69 Å². The molecule has 0 aliphatic heterocycles. The average Bonchev–Trinajstić information content (AvgIpc) is 2.27. The highest BCUT2D eigenvalue weighted by Crippen LogP contribution is 2.20. The van der Waals surface area contributed by atoms with Gasteiger partial charge in [0.05, 0.1) is 23.7 Å². The van der Waals surface area contributed by atoms with E-state index in [0.29, 0.717) is 0 Å². The molecule has 6 nitrogen and oxygen atoms in total. The Hall–Kier alpha value is -2.42. The van der Waals surface area contributed by atoms with Gasteiger partial charge >= 0.3 is 5.97 Å². The van der Waals surface area contributed by atoms with E-state index in [2.05, 4.69) is 4.74 Å². The first-order valence-electron chi connectivity index (χ1n) is 3.87. The van der Waals surface area contributed by atoms with Crippen LogP contribution in [0, 0.1) is 21.4 Å². The van der Waals surface area contributed by atoms with Gasteiger partial charge in [-0.05, 0) is 12.1 Å². The zero-order valence-corrected chi connectivity index (χ0v) is 7.76.